The minimum absolute atomic E-state index is 0.117. The van der Waals surface area contributed by atoms with Crippen LogP contribution in [-0.4, -0.2) is 11.6 Å². The lowest BCUT2D eigenvalue weighted by Crippen LogP contribution is -2.06. The quantitative estimate of drug-likeness (QED) is 0.571. The first-order valence-electron chi connectivity index (χ1n) is 7.46. The number of carbonyl (C=O) groups excluding carboxylic acids is 2. The molecule has 0 bridgehead atoms. The molecule has 4 nitrogen and oxygen atoms in total. The van der Waals surface area contributed by atoms with Crippen LogP contribution in [0.25, 0.3) is 0 Å². The summed E-state index contributed by atoms with van der Waals surface area (Å²) in [7, 11) is 0. The second-order valence-electron chi connectivity index (χ2n) is 5.44. The molecule has 24 heavy (non-hydrogen) atoms. The van der Waals surface area contributed by atoms with Crippen LogP contribution in [-0.2, 0) is 0 Å². The number of rotatable bonds is 4. The van der Waals surface area contributed by atoms with Crippen molar-refractivity contribution >= 4 is 22.9 Å². The Morgan fingerprint density at radius 2 is 1.04 bits per heavy atom. The highest BCUT2D eigenvalue weighted by molar-refractivity contribution is 6.13. The van der Waals surface area contributed by atoms with Crippen LogP contribution in [0.15, 0.2) is 72.8 Å². The summed E-state index contributed by atoms with van der Waals surface area (Å²) in [5.74, 6) is -0.284. The lowest BCUT2D eigenvalue weighted by atomic mass is 9.98. The zero-order chi connectivity index (χ0) is 17.1. The van der Waals surface area contributed by atoms with Crippen LogP contribution in [0.4, 0.5) is 11.4 Å². The maximum atomic E-state index is 12.5. The molecule has 0 atom stereocenters. The van der Waals surface area contributed by atoms with Crippen LogP contribution in [0.3, 0.4) is 0 Å². The Morgan fingerprint density at radius 1 is 0.583 bits per heavy atom. The zero-order valence-electron chi connectivity index (χ0n) is 12.9. The van der Waals surface area contributed by atoms with E-state index in [1.165, 1.54) is 0 Å². The number of nitrogen functional groups attached to an aromatic ring is 2. The summed E-state index contributed by atoms with van der Waals surface area (Å²) < 4.78 is 0. The van der Waals surface area contributed by atoms with Crippen LogP contribution in [0.2, 0.25) is 0 Å². The predicted molar refractivity (Wildman–Crippen MR) is 95.0 cm³/mol. The van der Waals surface area contributed by atoms with Gasteiger partial charge < -0.3 is 11.5 Å². The van der Waals surface area contributed by atoms with Crippen LogP contribution in [0.1, 0.15) is 31.8 Å². The van der Waals surface area contributed by atoms with Gasteiger partial charge in [-0.25, -0.2) is 0 Å². The first kappa shape index (κ1) is 15.5. The van der Waals surface area contributed by atoms with E-state index in [0.717, 1.165) is 0 Å². The molecule has 0 heterocycles. The second kappa shape index (κ2) is 6.38. The number of anilines is 2. The minimum atomic E-state index is -0.167. The van der Waals surface area contributed by atoms with Gasteiger partial charge in [-0.15, -0.1) is 0 Å². The third-order valence-electron chi connectivity index (χ3n) is 3.79. The largest absolute Gasteiger partial charge is 0.399 e. The van der Waals surface area contributed by atoms with E-state index in [4.69, 9.17) is 11.5 Å². The summed E-state index contributed by atoms with van der Waals surface area (Å²) in [4.78, 5) is 24.9. The van der Waals surface area contributed by atoms with E-state index in [2.05, 4.69) is 0 Å². The Hall–Kier alpha value is -3.40. The van der Waals surface area contributed by atoms with Crippen LogP contribution in [0.5, 0.6) is 0 Å². The highest BCUT2D eigenvalue weighted by atomic mass is 16.1. The monoisotopic (exact) mass is 316 g/mol. The Bertz CT molecular complexity index is 898. The summed E-state index contributed by atoms with van der Waals surface area (Å²) in [6.45, 7) is 0. The number of benzene rings is 3. The van der Waals surface area contributed by atoms with E-state index in [1.54, 1.807) is 72.8 Å². The summed E-state index contributed by atoms with van der Waals surface area (Å²) in [5, 5.41) is 0. The van der Waals surface area contributed by atoms with Crippen molar-refractivity contribution in [3.63, 3.8) is 0 Å². The molecule has 0 spiro atoms. The molecule has 0 aromatic heterocycles. The van der Waals surface area contributed by atoms with Crippen molar-refractivity contribution in [3.8, 4) is 0 Å². The zero-order valence-corrected chi connectivity index (χ0v) is 12.9. The van der Waals surface area contributed by atoms with Crippen molar-refractivity contribution in [2.45, 2.75) is 0 Å². The van der Waals surface area contributed by atoms with Gasteiger partial charge in [-0.05, 0) is 36.4 Å². The third kappa shape index (κ3) is 3.03. The van der Waals surface area contributed by atoms with E-state index < -0.39 is 0 Å². The molecule has 0 fully saturated rings. The molecule has 4 N–H and O–H groups in total. The molecular formula is C20H16N2O2. The first-order chi connectivity index (χ1) is 11.6. The molecule has 0 aliphatic carbocycles. The molecule has 4 heteroatoms. The number of carbonyl (C=O) groups is 2. The predicted octanol–water partition coefficient (Wildman–Crippen LogP) is 3.31. The van der Waals surface area contributed by atoms with Crippen molar-refractivity contribution < 1.29 is 9.59 Å². The molecule has 0 saturated heterocycles. The van der Waals surface area contributed by atoms with Gasteiger partial charge in [0.1, 0.15) is 0 Å². The standard InChI is InChI=1S/C20H16N2O2/c21-16-11-9-14(10-12-16)19(23)13-5-7-15(8-6-13)20(24)17-3-1-2-4-18(17)22/h1-12H,21-22H2. The molecule has 118 valence electrons. The van der Waals surface area contributed by atoms with Gasteiger partial charge in [-0.1, -0.05) is 36.4 Å². The highest BCUT2D eigenvalue weighted by Gasteiger charge is 2.13. The molecular weight excluding hydrogens is 300 g/mol. The van der Waals surface area contributed by atoms with Crippen LogP contribution in [0, 0.1) is 0 Å². The molecule has 0 unspecified atom stereocenters. The molecule has 0 amide bonds. The maximum Gasteiger partial charge on any atom is 0.195 e. The topological polar surface area (TPSA) is 86.2 Å². The van der Waals surface area contributed by atoms with Gasteiger partial charge in [0.05, 0.1) is 0 Å². The Balaban J connectivity index is 1.85. The number of nitrogens with two attached hydrogens (primary N) is 2. The fourth-order valence-electron chi connectivity index (χ4n) is 2.43. The molecule has 0 radical (unpaired) electrons. The van der Waals surface area contributed by atoms with Gasteiger partial charge in [-0.3, -0.25) is 9.59 Å². The molecule has 0 aliphatic heterocycles. The highest BCUT2D eigenvalue weighted by Crippen LogP contribution is 2.18. The van der Waals surface area contributed by atoms with E-state index in [-0.39, 0.29) is 11.6 Å². The van der Waals surface area contributed by atoms with Crippen molar-refractivity contribution in [2.75, 3.05) is 11.5 Å². The van der Waals surface area contributed by atoms with Crippen molar-refractivity contribution in [1.29, 1.82) is 0 Å². The fraction of sp³-hybridized carbons (Fsp3) is 0. The molecule has 3 aromatic carbocycles. The fourth-order valence-corrected chi connectivity index (χ4v) is 2.43. The third-order valence-corrected chi connectivity index (χ3v) is 3.79. The lowest BCUT2D eigenvalue weighted by Gasteiger charge is -2.06. The summed E-state index contributed by atoms with van der Waals surface area (Å²) in [5.41, 5.74) is 14.5. The number of ketones is 2. The Morgan fingerprint density at radius 3 is 1.58 bits per heavy atom. The van der Waals surface area contributed by atoms with Gasteiger partial charge in [0, 0.05) is 33.6 Å². The van der Waals surface area contributed by atoms with Crippen molar-refractivity contribution in [2.24, 2.45) is 0 Å². The van der Waals surface area contributed by atoms with E-state index >= 15 is 0 Å². The number of hydrogen-bond donors (Lipinski definition) is 2. The summed E-state index contributed by atoms with van der Waals surface area (Å²) >= 11 is 0. The Labute approximate surface area is 139 Å². The molecule has 0 saturated carbocycles. The molecule has 0 aliphatic rings. The molecule has 3 aromatic rings. The van der Waals surface area contributed by atoms with Gasteiger partial charge in [-0.2, -0.15) is 0 Å². The SMILES string of the molecule is Nc1ccc(C(=O)c2ccc(C(=O)c3ccccc3N)cc2)cc1. The average molecular weight is 316 g/mol. The van der Waals surface area contributed by atoms with Crippen LogP contribution < -0.4 is 11.5 Å². The van der Waals surface area contributed by atoms with E-state index in [1.807, 2.05) is 0 Å². The number of para-hydroxylation sites is 1. The lowest BCUT2D eigenvalue weighted by molar-refractivity contribution is 0.102. The van der Waals surface area contributed by atoms with Gasteiger partial charge in [0.15, 0.2) is 11.6 Å². The normalized spacial score (nSPS) is 10.3. The smallest absolute Gasteiger partial charge is 0.195 e. The van der Waals surface area contributed by atoms with Crippen molar-refractivity contribution in [1.82, 2.24) is 0 Å². The van der Waals surface area contributed by atoms with Gasteiger partial charge in [0.2, 0.25) is 0 Å². The minimum Gasteiger partial charge on any atom is -0.399 e. The first-order valence-corrected chi connectivity index (χ1v) is 7.46. The van der Waals surface area contributed by atoms with E-state index in [9.17, 15) is 9.59 Å². The van der Waals surface area contributed by atoms with Crippen molar-refractivity contribution in [3.05, 3.63) is 95.1 Å². The second-order valence-corrected chi connectivity index (χ2v) is 5.44. The average Bonchev–Trinajstić information content (AvgIpc) is 2.62. The van der Waals surface area contributed by atoms with Gasteiger partial charge >= 0.3 is 0 Å². The maximum absolute atomic E-state index is 12.5. The summed E-state index contributed by atoms with van der Waals surface area (Å²) in [6.07, 6.45) is 0. The number of hydrogen-bond acceptors (Lipinski definition) is 4. The van der Waals surface area contributed by atoms with E-state index in [0.29, 0.717) is 33.6 Å². The van der Waals surface area contributed by atoms with Crippen LogP contribution >= 0.6 is 0 Å². The van der Waals surface area contributed by atoms with Gasteiger partial charge in [0.25, 0.3) is 0 Å². The summed E-state index contributed by atoms with van der Waals surface area (Å²) in [6, 6.07) is 20.2. The molecule has 3 rings (SSSR count). The Kier molecular flexibility index (Phi) is 4.12.